The van der Waals surface area contributed by atoms with Crippen molar-refractivity contribution >= 4 is 29.0 Å². The number of nitro groups is 1. The van der Waals surface area contributed by atoms with Crippen LogP contribution in [-0.2, 0) is 0 Å². The van der Waals surface area contributed by atoms with Crippen molar-refractivity contribution in [3.8, 4) is 5.75 Å². The van der Waals surface area contributed by atoms with E-state index in [4.69, 9.17) is 16.3 Å². The Hall–Kier alpha value is -2.93. The predicted molar refractivity (Wildman–Crippen MR) is 111 cm³/mol. The van der Waals surface area contributed by atoms with Crippen molar-refractivity contribution in [3.05, 3.63) is 67.7 Å². The second kappa shape index (κ2) is 7.40. The molecule has 0 atom stereocenters. The van der Waals surface area contributed by atoms with Gasteiger partial charge in [0.1, 0.15) is 16.4 Å². The summed E-state index contributed by atoms with van der Waals surface area (Å²) in [6, 6.07) is 7.92. The summed E-state index contributed by atoms with van der Waals surface area (Å²) >= 11 is 5.84. The highest BCUT2D eigenvalue weighted by molar-refractivity contribution is 6.32. The third-order valence-corrected chi connectivity index (χ3v) is 6.19. The Morgan fingerprint density at radius 1 is 1.20 bits per heavy atom. The lowest BCUT2D eigenvalue weighted by atomic mass is 9.81. The van der Waals surface area contributed by atoms with Crippen LogP contribution in [0.5, 0.6) is 5.75 Å². The average molecular weight is 429 g/mol. The molecule has 8 heteroatoms. The number of ketones is 1. The Kier molecular flexibility index (Phi) is 5.02. The molecular weight excluding hydrogens is 408 g/mol. The zero-order valence-electron chi connectivity index (χ0n) is 16.7. The number of piperidine rings is 1. The van der Waals surface area contributed by atoms with E-state index in [0.717, 1.165) is 11.1 Å². The van der Waals surface area contributed by atoms with Gasteiger partial charge >= 0.3 is 0 Å². The number of benzene rings is 2. The predicted octanol–water partition coefficient (Wildman–Crippen LogP) is 4.51. The maximum Gasteiger partial charge on any atom is 0.288 e. The lowest BCUT2D eigenvalue weighted by Gasteiger charge is -2.44. The molecule has 0 radical (unpaired) electrons. The van der Waals surface area contributed by atoms with E-state index < -0.39 is 10.5 Å². The summed E-state index contributed by atoms with van der Waals surface area (Å²) in [5.74, 6) is 0.417. The molecule has 0 aliphatic carbocycles. The molecule has 1 fully saturated rings. The third kappa shape index (κ3) is 3.54. The number of nitro benzene ring substituents is 1. The number of nitrogens with zero attached hydrogens (tertiary/aromatic N) is 2. The minimum Gasteiger partial charge on any atom is -0.486 e. The molecule has 2 heterocycles. The van der Waals surface area contributed by atoms with Crippen molar-refractivity contribution in [1.82, 2.24) is 4.90 Å². The summed E-state index contributed by atoms with van der Waals surface area (Å²) < 4.78 is 6.35. The first-order valence-corrected chi connectivity index (χ1v) is 10.1. The quantitative estimate of drug-likeness (QED) is 0.518. The van der Waals surface area contributed by atoms with Crippen LogP contribution in [0.15, 0.2) is 30.3 Å². The summed E-state index contributed by atoms with van der Waals surface area (Å²) in [7, 11) is 0. The number of carbonyl (C=O) groups is 2. The number of hydrogen-bond donors (Lipinski definition) is 0. The molecule has 156 valence electrons. The van der Waals surface area contributed by atoms with Crippen molar-refractivity contribution in [2.75, 3.05) is 13.1 Å². The SMILES string of the molecule is Cc1cc(C)c2c(c1)C(=O)CC1(CCN(C(=O)c3ccc(Cl)c([N+](=O)[O-])c3)CC1)O2. The maximum atomic E-state index is 12.9. The maximum absolute atomic E-state index is 12.9. The topological polar surface area (TPSA) is 89.8 Å². The number of ether oxygens (including phenoxy) is 1. The van der Waals surface area contributed by atoms with Crippen LogP contribution < -0.4 is 4.74 Å². The van der Waals surface area contributed by atoms with Crippen LogP contribution in [0.2, 0.25) is 5.02 Å². The van der Waals surface area contributed by atoms with Gasteiger partial charge in [0.15, 0.2) is 5.78 Å². The van der Waals surface area contributed by atoms with Crippen LogP contribution in [-0.4, -0.2) is 40.2 Å². The van der Waals surface area contributed by atoms with Gasteiger partial charge in [-0.15, -0.1) is 0 Å². The van der Waals surface area contributed by atoms with Crippen LogP contribution >= 0.6 is 11.6 Å². The molecule has 0 aromatic heterocycles. The molecule has 0 saturated carbocycles. The Morgan fingerprint density at radius 2 is 1.90 bits per heavy atom. The number of halogens is 1. The van der Waals surface area contributed by atoms with E-state index in [0.29, 0.717) is 37.2 Å². The third-order valence-electron chi connectivity index (χ3n) is 5.87. The first-order chi connectivity index (χ1) is 14.2. The van der Waals surface area contributed by atoms with Crippen LogP contribution in [0, 0.1) is 24.0 Å². The average Bonchev–Trinajstić information content (AvgIpc) is 2.69. The first kappa shape index (κ1) is 20.3. The van der Waals surface area contributed by atoms with E-state index in [2.05, 4.69) is 0 Å². The number of likely N-dealkylation sites (tertiary alicyclic amines) is 1. The Morgan fingerprint density at radius 3 is 2.57 bits per heavy atom. The second-order valence-corrected chi connectivity index (χ2v) is 8.47. The molecule has 2 aromatic rings. The molecule has 0 bridgehead atoms. The molecule has 2 aromatic carbocycles. The van der Waals surface area contributed by atoms with Gasteiger partial charge in [0.2, 0.25) is 0 Å². The van der Waals surface area contributed by atoms with Gasteiger partial charge in [-0.2, -0.15) is 0 Å². The van der Waals surface area contributed by atoms with E-state index in [-0.39, 0.29) is 34.4 Å². The van der Waals surface area contributed by atoms with Gasteiger partial charge in [-0.1, -0.05) is 17.7 Å². The second-order valence-electron chi connectivity index (χ2n) is 8.06. The number of carbonyl (C=O) groups excluding carboxylic acids is 2. The Balaban J connectivity index is 1.51. The highest BCUT2D eigenvalue weighted by atomic mass is 35.5. The van der Waals surface area contributed by atoms with E-state index in [1.54, 1.807) is 4.90 Å². The van der Waals surface area contributed by atoms with Gasteiger partial charge in [-0.25, -0.2) is 0 Å². The van der Waals surface area contributed by atoms with Crippen molar-refractivity contribution in [1.29, 1.82) is 0 Å². The molecule has 30 heavy (non-hydrogen) atoms. The van der Waals surface area contributed by atoms with Gasteiger partial charge in [0.05, 0.1) is 16.9 Å². The standard InChI is InChI=1S/C22H21ClN2O5/c1-13-9-14(2)20-16(10-13)19(26)12-22(30-20)5-7-24(8-6-22)21(27)15-3-4-17(23)18(11-15)25(28)29/h3-4,9-11H,5-8,12H2,1-2H3. The number of Topliss-reactive ketones (excluding diaryl/α,β-unsaturated/α-hetero) is 1. The van der Waals surface area contributed by atoms with Gasteiger partial charge in [0.25, 0.3) is 11.6 Å². The molecule has 0 N–H and O–H groups in total. The molecule has 2 aliphatic rings. The summed E-state index contributed by atoms with van der Waals surface area (Å²) in [5, 5.41) is 11.1. The van der Waals surface area contributed by atoms with Crippen molar-refractivity contribution in [2.24, 2.45) is 0 Å². The lowest BCUT2D eigenvalue weighted by molar-refractivity contribution is -0.384. The smallest absolute Gasteiger partial charge is 0.288 e. The lowest BCUT2D eigenvalue weighted by Crippen LogP contribution is -2.52. The van der Waals surface area contributed by atoms with Gasteiger partial charge in [-0.3, -0.25) is 19.7 Å². The van der Waals surface area contributed by atoms with Crippen LogP contribution in [0.25, 0.3) is 0 Å². The summed E-state index contributed by atoms with van der Waals surface area (Å²) in [4.78, 5) is 37.8. The number of amides is 1. The molecule has 1 saturated heterocycles. The highest BCUT2D eigenvalue weighted by Gasteiger charge is 2.44. The van der Waals surface area contributed by atoms with Gasteiger partial charge < -0.3 is 9.64 Å². The minimum atomic E-state index is -0.618. The van der Waals surface area contributed by atoms with Crippen molar-refractivity contribution in [2.45, 2.75) is 38.7 Å². The summed E-state index contributed by atoms with van der Waals surface area (Å²) in [5.41, 5.74) is 1.90. The fraction of sp³-hybridized carbons (Fsp3) is 0.364. The Bertz CT molecular complexity index is 1070. The first-order valence-electron chi connectivity index (χ1n) is 9.76. The number of rotatable bonds is 2. The Labute approximate surface area is 178 Å². The van der Waals surface area contributed by atoms with Crippen LogP contribution in [0.1, 0.15) is 51.1 Å². The number of aryl methyl sites for hydroxylation is 2. The fourth-order valence-electron chi connectivity index (χ4n) is 4.30. The zero-order chi connectivity index (χ0) is 21.6. The van der Waals surface area contributed by atoms with Crippen molar-refractivity contribution < 1.29 is 19.2 Å². The molecule has 7 nitrogen and oxygen atoms in total. The van der Waals surface area contributed by atoms with Gasteiger partial charge in [-0.05, 0) is 43.2 Å². The number of fused-ring (bicyclic) bond motifs is 1. The van der Waals surface area contributed by atoms with E-state index in [9.17, 15) is 19.7 Å². The molecule has 2 aliphatic heterocycles. The molecule has 1 amide bonds. The van der Waals surface area contributed by atoms with E-state index in [1.165, 1.54) is 18.2 Å². The highest BCUT2D eigenvalue weighted by Crippen LogP contribution is 2.41. The zero-order valence-corrected chi connectivity index (χ0v) is 17.5. The van der Waals surface area contributed by atoms with Crippen LogP contribution in [0.4, 0.5) is 5.69 Å². The minimum absolute atomic E-state index is 0.00691. The van der Waals surface area contributed by atoms with Crippen LogP contribution in [0.3, 0.4) is 0 Å². The molecular formula is C22H21ClN2O5. The van der Waals surface area contributed by atoms with Crippen molar-refractivity contribution in [3.63, 3.8) is 0 Å². The van der Waals surface area contributed by atoms with E-state index in [1.807, 2.05) is 26.0 Å². The monoisotopic (exact) mass is 428 g/mol. The summed E-state index contributed by atoms with van der Waals surface area (Å²) in [6.07, 6.45) is 1.33. The summed E-state index contributed by atoms with van der Waals surface area (Å²) in [6.45, 7) is 4.70. The number of hydrogen-bond acceptors (Lipinski definition) is 5. The molecule has 4 rings (SSSR count). The fourth-order valence-corrected chi connectivity index (χ4v) is 4.49. The van der Waals surface area contributed by atoms with E-state index >= 15 is 0 Å². The largest absolute Gasteiger partial charge is 0.486 e. The normalized spacial score (nSPS) is 17.4. The van der Waals surface area contributed by atoms with Gasteiger partial charge in [0, 0.05) is 37.6 Å². The molecule has 1 spiro atoms. The molecule has 0 unspecified atom stereocenters.